The Kier molecular flexibility index (Phi) is 5.45. The van der Waals surface area contributed by atoms with Gasteiger partial charge in [0.15, 0.2) is 5.72 Å². The Labute approximate surface area is 200 Å². The Morgan fingerprint density at radius 2 is 1.76 bits per heavy atom. The van der Waals surface area contributed by atoms with Gasteiger partial charge in [-0.15, -0.1) is 0 Å². The van der Waals surface area contributed by atoms with Gasteiger partial charge in [0.05, 0.1) is 18.4 Å². The van der Waals surface area contributed by atoms with Gasteiger partial charge in [-0.25, -0.2) is 4.79 Å². The van der Waals surface area contributed by atoms with Gasteiger partial charge in [-0.1, -0.05) is 24.3 Å². The standard InChI is InChI=1S/C29H29NO4/c1-18-7-5-8-22(19-11-12-19)23(18)17-24-27-25(9-6-10-26(27)33-3)30(29(24,2)34-4)21-15-13-20(14-16-21)28(31)32/h5-10,13-17,19H,11-12H2,1-4H3,(H,31,32)/b24-17-. The van der Waals surface area contributed by atoms with Crippen LogP contribution in [0.3, 0.4) is 0 Å². The fourth-order valence-electron chi connectivity index (χ4n) is 5.07. The summed E-state index contributed by atoms with van der Waals surface area (Å²) in [5.41, 5.74) is 7.08. The zero-order valence-electron chi connectivity index (χ0n) is 20.0. The summed E-state index contributed by atoms with van der Waals surface area (Å²) in [6.45, 7) is 4.21. The van der Waals surface area contributed by atoms with E-state index in [1.165, 1.54) is 29.5 Å². The predicted molar refractivity (Wildman–Crippen MR) is 135 cm³/mol. The Morgan fingerprint density at radius 1 is 1.06 bits per heavy atom. The van der Waals surface area contributed by atoms with Crippen molar-refractivity contribution in [3.63, 3.8) is 0 Å². The third kappa shape index (κ3) is 3.48. The number of carboxylic acid groups (broad SMARTS) is 1. The first-order chi connectivity index (χ1) is 16.4. The van der Waals surface area contributed by atoms with Crippen LogP contribution in [0.4, 0.5) is 11.4 Å². The zero-order chi connectivity index (χ0) is 24.0. The smallest absolute Gasteiger partial charge is 0.335 e. The molecule has 1 fully saturated rings. The van der Waals surface area contributed by atoms with Crippen molar-refractivity contribution in [1.82, 2.24) is 0 Å². The van der Waals surface area contributed by atoms with Crippen LogP contribution in [0.1, 0.15) is 58.3 Å². The molecular weight excluding hydrogens is 426 g/mol. The molecule has 0 radical (unpaired) electrons. The molecule has 2 aliphatic rings. The molecule has 0 bridgehead atoms. The van der Waals surface area contributed by atoms with Crippen LogP contribution in [0.15, 0.2) is 60.7 Å². The van der Waals surface area contributed by atoms with Crippen LogP contribution < -0.4 is 9.64 Å². The number of hydrogen-bond donors (Lipinski definition) is 1. The van der Waals surface area contributed by atoms with Gasteiger partial charge < -0.3 is 19.5 Å². The van der Waals surface area contributed by atoms with Crippen LogP contribution in [-0.2, 0) is 4.74 Å². The molecule has 1 atom stereocenters. The molecule has 1 aliphatic carbocycles. The monoisotopic (exact) mass is 455 g/mol. The molecule has 5 rings (SSSR count). The molecule has 3 aromatic carbocycles. The Hall–Kier alpha value is -3.57. The van der Waals surface area contributed by atoms with Gasteiger partial charge >= 0.3 is 5.97 Å². The second-order valence-corrected chi connectivity index (χ2v) is 9.14. The van der Waals surface area contributed by atoms with E-state index in [0.717, 1.165) is 28.3 Å². The van der Waals surface area contributed by atoms with Gasteiger partial charge in [0.1, 0.15) is 5.75 Å². The minimum absolute atomic E-state index is 0.248. The quantitative estimate of drug-likeness (QED) is 0.452. The van der Waals surface area contributed by atoms with Crippen molar-refractivity contribution >= 4 is 29.0 Å². The lowest BCUT2D eigenvalue weighted by atomic mass is 9.91. The van der Waals surface area contributed by atoms with E-state index in [2.05, 4.69) is 49.1 Å². The molecule has 1 aliphatic heterocycles. The van der Waals surface area contributed by atoms with Crippen LogP contribution in [0.2, 0.25) is 0 Å². The van der Waals surface area contributed by atoms with E-state index in [-0.39, 0.29) is 5.56 Å². The van der Waals surface area contributed by atoms with Crippen molar-refractivity contribution in [2.75, 3.05) is 19.1 Å². The summed E-state index contributed by atoms with van der Waals surface area (Å²) >= 11 is 0. The molecule has 5 heteroatoms. The van der Waals surface area contributed by atoms with E-state index in [9.17, 15) is 9.90 Å². The highest BCUT2D eigenvalue weighted by Crippen LogP contribution is 2.55. The number of rotatable bonds is 6. The number of hydrogen-bond acceptors (Lipinski definition) is 4. The van der Waals surface area contributed by atoms with E-state index in [1.54, 1.807) is 26.4 Å². The predicted octanol–water partition coefficient (Wildman–Crippen LogP) is 6.63. The Balaban J connectivity index is 1.75. The maximum Gasteiger partial charge on any atom is 0.335 e. The van der Waals surface area contributed by atoms with E-state index >= 15 is 0 Å². The van der Waals surface area contributed by atoms with E-state index in [0.29, 0.717) is 5.92 Å². The largest absolute Gasteiger partial charge is 0.496 e. The maximum atomic E-state index is 11.4. The third-order valence-electron chi connectivity index (χ3n) is 7.09. The molecule has 0 aromatic heterocycles. The van der Waals surface area contributed by atoms with E-state index < -0.39 is 11.7 Å². The van der Waals surface area contributed by atoms with Crippen molar-refractivity contribution < 1.29 is 19.4 Å². The van der Waals surface area contributed by atoms with Crippen LogP contribution in [0.5, 0.6) is 5.75 Å². The zero-order valence-corrected chi connectivity index (χ0v) is 20.0. The lowest BCUT2D eigenvalue weighted by molar-refractivity contribution is 0.0681. The summed E-state index contributed by atoms with van der Waals surface area (Å²) in [6.07, 6.45) is 4.71. The van der Waals surface area contributed by atoms with E-state index in [1.807, 2.05) is 24.3 Å². The molecule has 0 spiro atoms. The first kappa shape index (κ1) is 22.2. The SMILES string of the molecule is COc1cccc2c1/C(=C/c1c(C)cccc1C1CC1)C(C)(OC)N2c1ccc(C(=O)O)cc1. The molecule has 3 aromatic rings. The second-order valence-electron chi connectivity index (χ2n) is 9.14. The Morgan fingerprint density at radius 3 is 2.38 bits per heavy atom. The summed E-state index contributed by atoms with van der Waals surface area (Å²) in [5.74, 6) is 0.439. The number of carboxylic acids is 1. The molecule has 1 heterocycles. The number of anilines is 2. The third-order valence-corrected chi connectivity index (χ3v) is 7.09. The van der Waals surface area contributed by atoms with Crippen molar-refractivity contribution in [1.29, 1.82) is 0 Å². The first-order valence-corrected chi connectivity index (χ1v) is 11.6. The number of ether oxygens (including phenoxy) is 2. The normalized spacial score (nSPS) is 20.5. The molecule has 0 amide bonds. The van der Waals surface area contributed by atoms with Crippen LogP contribution in [0, 0.1) is 6.92 Å². The summed E-state index contributed by atoms with van der Waals surface area (Å²) in [5, 5.41) is 9.36. The first-order valence-electron chi connectivity index (χ1n) is 11.6. The Bertz CT molecular complexity index is 1290. The molecule has 0 saturated heterocycles. The van der Waals surface area contributed by atoms with Crippen molar-refractivity contribution in [3.8, 4) is 5.75 Å². The average molecular weight is 456 g/mol. The van der Waals surface area contributed by atoms with Gasteiger partial charge in [-0.3, -0.25) is 0 Å². The summed E-state index contributed by atoms with van der Waals surface area (Å²) in [7, 11) is 3.40. The van der Waals surface area contributed by atoms with Gasteiger partial charge in [0, 0.05) is 23.9 Å². The fraction of sp³-hybridized carbons (Fsp3) is 0.276. The van der Waals surface area contributed by atoms with E-state index in [4.69, 9.17) is 9.47 Å². The fourth-order valence-corrected chi connectivity index (χ4v) is 5.07. The van der Waals surface area contributed by atoms with Gasteiger partial charge in [-0.05, 0) is 91.8 Å². The lowest BCUT2D eigenvalue weighted by Crippen LogP contribution is -2.42. The number of aryl methyl sites for hydroxylation is 1. The highest BCUT2D eigenvalue weighted by molar-refractivity contribution is 6.02. The van der Waals surface area contributed by atoms with Gasteiger partial charge in [-0.2, -0.15) is 0 Å². The number of methoxy groups -OCH3 is 2. The second kappa shape index (κ2) is 8.33. The molecule has 174 valence electrons. The summed E-state index contributed by atoms with van der Waals surface area (Å²) < 4.78 is 12.1. The van der Waals surface area contributed by atoms with Crippen molar-refractivity contribution in [2.24, 2.45) is 0 Å². The molecule has 1 saturated carbocycles. The number of aromatic carboxylic acids is 1. The highest BCUT2D eigenvalue weighted by Gasteiger charge is 2.47. The number of benzene rings is 3. The summed E-state index contributed by atoms with van der Waals surface area (Å²) in [4.78, 5) is 13.5. The molecule has 5 nitrogen and oxygen atoms in total. The van der Waals surface area contributed by atoms with Crippen molar-refractivity contribution in [3.05, 3.63) is 88.5 Å². The molecule has 1 unspecified atom stereocenters. The number of carbonyl (C=O) groups is 1. The van der Waals surface area contributed by atoms with Crippen LogP contribution in [-0.4, -0.2) is 31.0 Å². The maximum absolute atomic E-state index is 11.4. The topological polar surface area (TPSA) is 59.0 Å². The highest BCUT2D eigenvalue weighted by atomic mass is 16.5. The van der Waals surface area contributed by atoms with Crippen LogP contribution in [0.25, 0.3) is 11.6 Å². The van der Waals surface area contributed by atoms with Gasteiger partial charge in [0.25, 0.3) is 0 Å². The number of nitrogens with zero attached hydrogens (tertiary/aromatic N) is 1. The molecular formula is C29H29NO4. The minimum Gasteiger partial charge on any atom is -0.496 e. The van der Waals surface area contributed by atoms with Crippen LogP contribution >= 0.6 is 0 Å². The van der Waals surface area contributed by atoms with Crippen molar-refractivity contribution in [2.45, 2.75) is 38.3 Å². The minimum atomic E-state index is -0.947. The van der Waals surface area contributed by atoms with Gasteiger partial charge in [0.2, 0.25) is 0 Å². The molecule has 34 heavy (non-hydrogen) atoms. The number of fused-ring (bicyclic) bond motifs is 1. The molecule has 1 N–H and O–H groups in total. The summed E-state index contributed by atoms with van der Waals surface area (Å²) in [6, 6.07) is 19.4. The average Bonchev–Trinajstić information content (AvgIpc) is 3.65. The lowest BCUT2D eigenvalue weighted by Gasteiger charge is -2.37.